The fourth-order valence-electron chi connectivity index (χ4n) is 0.590. The number of nitrogens with zero attached hydrogens (tertiary/aromatic N) is 1. The van der Waals surface area contributed by atoms with Crippen LogP contribution >= 0.6 is 0 Å². The van der Waals surface area contributed by atoms with E-state index in [9.17, 15) is 9.59 Å². The van der Waals surface area contributed by atoms with Crippen molar-refractivity contribution in [3.63, 3.8) is 0 Å². The Labute approximate surface area is 60.9 Å². The maximum atomic E-state index is 10.6. The number of rotatable bonds is 2. The van der Waals surface area contributed by atoms with Crippen LogP contribution < -0.4 is 11.0 Å². The summed E-state index contributed by atoms with van der Waals surface area (Å²) in [5.41, 5.74) is 1.08. The van der Waals surface area contributed by atoms with E-state index in [0.29, 0.717) is 6.29 Å². The molecule has 1 aromatic rings. The summed E-state index contributed by atoms with van der Waals surface area (Å²) in [6, 6.07) is 1.02. The largest absolute Gasteiger partial charge is 0.296 e. The van der Waals surface area contributed by atoms with Crippen LogP contribution in [0.4, 0.5) is 5.95 Å². The number of H-pyrrole nitrogens is 1. The molecule has 6 heteroatoms. The van der Waals surface area contributed by atoms with Crippen molar-refractivity contribution >= 4 is 12.2 Å². The molecule has 0 bridgehead atoms. The van der Waals surface area contributed by atoms with E-state index in [2.05, 4.69) is 9.97 Å². The van der Waals surface area contributed by atoms with Gasteiger partial charge in [0.05, 0.1) is 0 Å². The molecule has 0 spiro atoms. The van der Waals surface area contributed by atoms with E-state index in [4.69, 9.17) is 5.21 Å². The summed E-state index contributed by atoms with van der Waals surface area (Å²) >= 11 is 0. The van der Waals surface area contributed by atoms with Gasteiger partial charge < -0.3 is 0 Å². The predicted octanol–water partition coefficient (Wildman–Crippen LogP) is -0.617. The van der Waals surface area contributed by atoms with Crippen LogP contribution in [0.5, 0.6) is 0 Å². The zero-order valence-corrected chi connectivity index (χ0v) is 5.37. The summed E-state index contributed by atoms with van der Waals surface area (Å²) in [7, 11) is 0. The van der Waals surface area contributed by atoms with E-state index in [1.807, 2.05) is 0 Å². The molecule has 1 aromatic heterocycles. The minimum absolute atomic E-state index is 0.0368. The molecule has 0 radical (unpaired) electrons. The van der Waals surface area contributed by atoms with Gasteiger partial charge in [-0.05, 0) is 0 Å². The minimum atomic E-state index is -0.501. The van der Waals surface area contributed by atoms with Crippen molar-refractivity contribution in [3.8, 4) is 0 Å². The van der Waals surface area contributed by atoms with Crippen molar-refractivity contribution in [3.05, 3.63) is 22.1 Å². The van der Waals surface area contributed by atoms with Crippen LogP contribution in [-0.2, 0) is 0 Å². The van der Waals surface area contributed by atoms with Gasteiger partial charge in [-0.25, -0.2) is 10.5 Å². The smallest absolute Gasteiger partial charge is 0.253 e. The number of anilines is 1. The number of carbonyl (C=O) groups excluding carboxylic acids is 1. The summed E-state index contributed by atoms with van der Waals surface area (Å²) in [6.07, 6.45) is 0.413. The lowest BCUT2D eigenvalue weighted by Crippen LogP contribution is -2.11. The maximum Gasteiger partial charge on any atom is 0.253 e. The predicted molar refractivity (Wildman–Crippen MR) is 35.7 cm³/mol. The van der Waals surface area contributed by atoms with E-state index in [-0.39, 0.29) is 11.6 Å². The second-order valence-corrected chi connectivity index (χ2v) is 1.75. The first-order valence-corrected chi connectivity index (χ1v) is 2.73. The average Bonchev–Trinajstić information content (AvgIpc) is 2.03. The monoisotopic (exact) mass is 155 g/mol. The molecule has 0 aromatic carbocycles. The number of aldehydes is 1. The highest BCUT2D eigenvalue weighted by Gasteiger charge is 1.96. The van der Waals surface area contributed by atoms with Gasteiger partial charge in [0.15, 0.2) is 6.29 Å². The molecule has 0 aliphatic heterocycles. The Balaban J connectivity index is 3.22. The number of aromatic amines is 1. The first kappa shape index (κ1) is 7.42. The Morgan fingerprint density at radius 2 is 2.45 bits per heavy atom. The first-order chi connectivity index (χ1) is 5.26. The van der Waals surface area contributed by atoms with Crippen LogP contribution in [0.15, 0.2) is 10.9 Å². The summed E-state index contributed by atoms with van der Waals surface area (Å²) in [6.45, 7) is 0. The van der Waals surface area contributed by atoms with Crippen molar-refractivity contribution in [1.82, 2.24) is 9.97 Å². The Hall–Kier alpha value is -1.69. The molecule has 0 aliphatic rings. The zero-order chi connectivity index (χ0) is 8.27. The van der Waals surface area contributed by atoms with Gasteiger partial charge >= 0.3 is 0 Å². The fourth-order valence-corrected chi connectivity index (χ4v) is 0.590. The Bertz CT molecular complexity index is 319. The van der Waals surface area contributed by atoms with Gasteiger partial charge in [0, 0.05) is 6.07 Å². The van der Waals surface area contributed by atoms with Gasteiger partial charge in [-0.15, -0.1) is 0 Å². The quantitative estimate of drug-likeness (QED) is 0.391. The molecule has 6 nitrogen and oxygen atoms in total. The number of aromatic nitrogens is 2. The third kappa shape index (κ3) is 1.62. The maximum absolute atomic E-state index is 10.6. The van der Waals surface area contributed by atoms with E-state index >= 15 is 0 Å². The van der Waals surface area contributed by atoms with E-state index in [0.717, 1.165) is 6.07 Å². The van der Waals surface area contributed by atoms with Crippen LogP contribution in [-0.4, -0.2) is 21.5 Å². The van der Waals surface area contributed by atoms with E-state index < -0.39 is 5.56 Å². The first-order valence-electron chi connectivity index (χ1n) is 2.73. The molecular formula is C5H5N3O3. The van der Waals surface area contributed by atoms with Crippen LogP contribution in [0, 0.1) is 0 Å². The highest BCUT2D eigenvalue weighted by Crippen LogP contribution is 1.91. The van der Waals surface area contributed by atoms with Gasteiger partial charge in [0.2, 0.25) is 5.95 Å². The Morgan fingerprint density at radius 1 is 1.73 bits per heavy atom. The third-order valence-electron chi connectivity index (χ3n) is 0.988. The highest BCUT2D eigenvalue weighted by atomic mass is 16.5. The molecule has 0 atom stereocenters. The molecule has 0 aliphatic carbocycles. The second-order valence-electron chi connectivity index (χ2n) is 1.75. The highest BCUT2D eigenvalue weighted by molar-refractivity contribution is 5.71. The molecule has 11 heavy (non-hydrogen) atoms. The Kier molecular flexibility index (Phi) is 1.98. The van der Waals surface area contributed by atoms with Gasteiger partial charge in [-0.3, -0.25) is 19.8 Å². The second kappa shape index (κ2) is 2.93. The lowest BCUT2D eigenvalue weighted by atomic mass is 10.4. The van der Waals surface area contributed by atoms with E-state index in [1.54, 1.807) is 5.48 Å². The molecular weight excluding hydrogens is 150 g/mol. The normalized spacial score (nSPS) is 9.18. The average molecular weight is 155 g/mol. The topological polar surface area (TPSA) is 95.1 Å². The summed E-state index contributed by atoms with van der Waals surface area (Å²) in [4.78, 5) is 26.4. The van der Waals surface area contributed by atoms with Crippen LogP contribution in [0.25, 0.3) is 0 Å². The molecule has 1 heterocycles. The number of hydrogen-bond acceptors (Lipinski definition) is 5. The molecule has 1 rings (SSSR count). The van der Waals surface area contributed by atoms with Crippen molar-refractivity contribution in [2.75, 3.05) is 5.48 Å². The van der Waals surface area contributed by atoms with Gasteiger partial charge in [0.1, 0.15) is 5.69 Å². The van der Waals surface area contributed by atoms with Crippen molar-refractivity contribution in [1.29, 1.82) is 0 Å². The molecule has 58 valence electrons. The lowest BCUT2D eigenvalue weighted by molar-refractivity contribution is 0.111. The van der Waals surface area contributed by atoms with Crippen molar-refractivity contribution < 1.29 is 10.0 Å². The summed E-state index contributed by atoms with van der Waals surface area (Å²) in [5, 5.41) is 8.28. The Morgan fingerprint density at radius 3 is 3.00 bits per heavy atom. The van der Waals surface area contributed by atoms with Crippen LogP contribution in [0.2, 0.25) is 0 Å². The SMILES string of the molecule is O=Cc1cc(=O)[nH]c(NO)n1. The molecule has 0 saturated carbocycles. The molecule has 3 N–H and O–H groups in total. The molecule has 0 saturated heterocycles. The summed E-state index contributed by atoms with van der Waals surface area (Å²) < 4.78 is 0. The van der Waals surface area contributed by atoms with Crippen molar-refractivity contribution in [2.24, 2.45) is 0 Å². The van der Waals surface area contributed by atoms with E-state index in [1.165, 1.54) is 0 Å². The number of carbonyl (C=O) groups is 1. The third-order valence-corrected chi connectivity index (χ3v) is 0.988. The standard InChI is InChI=1S/C5H5N3O3/c9-2-3-1-4(10)7-5(6-3)8-11/h1-2,11H,(H2,6,7,8,10). The lowest BCUT2D eigenvalue weighted by Gasteiger charge is -1.95. The zero-order valence-electron chi connectivity index (χ0n) is 5.37. The van der Waals surface area contributed by atoms with Gasteiger partial charge in [0.25, 0.3) is 5.56 Å². The molecule has 0 fully saturated rings. The van der Waals surface area contributed by atoms with Gasteiger partial charge in [-0.1, -0.05) is 0 Å². The minimum Gasteiger partial charge on any atom is -0.296 e. The van der Waals surface area contributed by atoms with Gasteiger partial charge in [-0.2, -0.15) is 0 Å². The molecule has 0 unspecified atom stereocenters. The summed E-state index contributed by atoms with van der Waals surface area (Å²) in [5.74, 6) is -0.153. The van der Waals surface area contributed by atoms with Crippen LogP contribution in [0.3, 0.4) is 0 Å². The van der Waals surface area contributed by atoms with Crippen LogP contribution in [0.1, 0.15) is 10.5 Å². The fraction of sp³-hybridized carbons (Fsp3) is 0. The molecule has 0 amide bonds. The van der Waals surface area contributed by atoms with Crippen molar-refractivity contribution in [2.45, 2.75) is 0 Å². The number of nitrogens with one attached hydrogen (secondary N) is 2. The number of hydrogen-bond donors (Lipinski definition) is 3.